The number of hydrogen-bond acceptors (Lipinski definition) is 3. The molecule has 3 N–H and O–H groups in total. The maximum atomic E-state index is 11.7. The number of rotatable bonds is 5. The summed E-state index contributed by atoms with van der Waals surface area (Å²) in [6.45, 7) is 2.63. The highest BCUT2D eigenvalue weighted by Gasteiger charge is 2.39. The molecule has 0 bridgehead atoms. The van der Waals surface area contributed by atoms with Crippen LogP contribution in [-0.2, 0) is 4.79 Å². The van der Waals surface area contributed by atoms with Crippen LogP contribution >= 0.6 is 12.4 Å². The van der Waals surface area contributed by atoms with Crippen LogP contribution in [0.4, 0.5) is 0 Å². The zero-order valence-electron chi connectivity index (χ0n) is 10.4. The van der Waals surface area contributed by atoms with E-state index in [0.29, 0.717) is 12.6 Å². The molecule has 0 aromatic heterocycles. The monoisotopic (exact) mass is 262 g/mol. The second kappa shape index (κ2) is 6.03. The van der Waals surface area contributed by atoms with E-state index in [0.717, 1.165) is 19.3 Å². The number of hydrogen-bond donors (Lipinski definition) is 3. The van der Waals surface area contributed by atoms with Gasteiger partial charge in [-0.05, 0) is 25.7 Å². The second-order valence-corrected chi connectivity index (χ2v) is 5.48. The van der Waals surface area contributed by atoms with Crippen LogP contribution < -0.4 is 10.6 Å². The predicted molar refractivity (Wildman–Crippen MR) is 69.2 cm³/mol. The minimum atomic E-state index is -0.116. The summed E-state index contributed by atoms with van der Waals surface area (Å²) in [5, 5.41) is 15.6. The van der Waals surface area contributed by atoms with Gasteiger partial charge in [-0.3, -0.25) is 4.79 Å². The normalized spacial score (nSPS) is 32.0. The van der Waals surface area contributed by atoms with E-state index in [1.807, 2.05) is 0 Å². The number of halogens is 1. The molecule has 2 aliphatic rings. The van der Waals surface area contributed by atoms with Crippen molar-refractivity contribution in [2.75, 3.05) is 13.2 Å². The first-order valence-corrected chi connectivity index (χ1v) is 6.28. The molecule has 2 aliphatic carbocycles. The van der Waals surface area contributed by atoms with Gasteiger partial charge in [0.15, 0.2) is 0 Å². The first-order valence-electron chi connectivity index (χ1n) is 6.28. The number of amides is 1. The summed E-state index contributed by atoms with van der Waals surface area (Å²) in [5.74, 6) is 0.0680. The summed E-state index contributed by atoms with van der Waals surface area (Å²) in [4.78, 5) is 11.7. The number of aliphatic hydroxyl groups is 1. The van der Waals surface area contributed by atoms with Crippen molar-refractivity contribution in [2.24, 2.45) is 5.41 Å². The summed E-state index contributed by atoms with van der Waals surface area (Å²) in [7, 11) is 0. The van der Waals surface area contributed by atoms with Gasteiger partial charge < -0.3 is 15.7 Å². The van der Waals surface area contributed by atoms with Crippen LogP contribution in [-0.4, -0.2) is 36.2 Å². The highest BCUT2D eigenvalue weighted by Crippen LogP contribution is 2.37. The molecule has 1 amide bonds. The largest absolute Gasteiger partial charge is 0.396 e. The Morgan fingerprint density at radius 2 is 2.12 bits per heavy atom. The van der Waals surface area contributed by atoms with Gasteiger partial charge in [0.2, 0.25) is 5.91 Å². The lowest BCUT2D eigenvalue weighted by Crippen LogP contribution is -2.47. The fourth-order valence-electron chi connectivity index (χ4n) is 2.44. The molecule has 0 radical (unpaired) electrons. The van der Waals surface area contributed by atoms with E-state index in [9.17, 15) is 9.90 Å². The van der Waals surface area contributed by atoms with Crippen LogP contribution in [0.2, 0.25) is 0 Å². The van der Waals surface area contributed by atoms with E-state index in [1.54, 1.807) is 0 Å². The Kier molecular flexibility index (Phi) is 5.22. The van der Waals surface area contributed by atoms with Crippen LogP contribution in [0.3, 0.4) is 0 Å². The van der Waals surface area contributed by atoms with E-state index in [4.69, 9.17) is 0 Å². The minimum absolute atomic E-state index is 0. The average Bonchev–Trinajstić information content (AvgIpc) is 3.03. The lowest BCUT2D eigenvalue weighted by molar-refractivity contribution is -0.121. The third-order valence-corrected chi connectivity index (χ3v) is 3.91. The smallest absolute Gasteiger partial charge is 0.234 e. The molecule has 0 aliphatic heterocycles. The van der Waals surface area contributed by atoms with Crippen LogP contribution in [0.25, 0.3) is 0 Å². The maximum Gasteiger partial charge on any atom is 0.234 e. The van der Waals surface area contributed by atoms with E-state index in [-0.39, 0.29) is 36.4 Å². The van der Waals surface area contributed by atoms with Crippen molar-refractivity contribution in [3.63, 3.8) is 0 Å². The van der Waals surface area contributed by atoms with E-state index in [1.165, 1.54) is 12.8 Å². The van der Waals surface area contributed by atoms with Gasteiger partial charge in [-0.2, -0.15) is 0 Å². The number of aliphatic hydroxyl groups excluding tert-OH is 1. The Hall–Kier alpha value is -0.320. The number of carbonyl (C=O) groups is 1. The van der Waals surface area contributed by atoms with Crippen molar-refractivity contribution in [3.8, 4) is 0 Å². The number of carbonyl (C=O) groups excluding carboxylic acids is 1. The molecular weight excluding hydrogens is 240 g/mol. The van der Waals surface area contributed by atoms with E-state index >= 15 is 0 Å². The molecule has 4 nitrogen and oxygen atoms in total. The Morgan fingerprint density at radius 3 is 2.71 bits per heavy atom. The predicted octanol–water partition coefficient (Wildman–Crippen LogP) is 0.827. The second-order valence-electron chi connectivity index (χ2n) is 5.48. The van der Waals surface area contributed by atoms with Crippen molar-refractivity contribution >= 4 is 18.3 Å². The maximum absolute atomic E-state index is 11.7. The molecule has 2 rings (SSSR count). The first-order chi connectivity index (χ1) is 7.64. The highest BCUT2D eigenvalue weighted by atomic mass is 35.5. The zero-order valence-corrected chi connectivity index (χ0v) is 11.2. The summed E-state index contributed by atoms with van der Waals surface area (Å²) < 4.78 is 0. The van der Waals surface area contributed by atoms with Crippen molar-refractivity contribution in [3.05, 3.63) is 0 Å². The molecule has 0 heterocycles. The Morgan fingerprint density at radius 1 is 1.41 bits per heavy atom. The van der Waals surface area contributed by atoms with Crippen molar-refractivity contribution in [1.29, 1.82) is 0 Å². The van der Waals surface area contributed by atoms with Crippen LogP contribution in [0.5, 0.6) is 0 Å². The molecule has 0 saturated heterocycles. The van der Waals surface area contributed by atoms with Crippen molar-refractivity contribution < 1.29 is 9.90 Å². The van der Waals surface area contributed by atoms with Gasteiger partial charge in [0, 0.05) is 17.5 Å². The molecule has 2 fully saturated rings. The number of nitrogens with one attached hydrogen (secondary N) is 2. The topological polar surface area (TPSA) is 61.4 Å². The quantitative estimate of drug-likeness (QED) is 0.688. The third kappa shape index (κ3) is 3.83. The van der Waals surface area contributed by atoms with Gasteiger partial charge in [0.1, 0.15) is 0 Å². The Bertz CT molecular complexity index is 271. The molecule has 100 valence electrons. The summed E-state index contributed by atoms with van der Waals surface area (Å²) >= 11 is 0. The SMILES string of the molecule is CC1(CO)CCCC1NC(=O)CNC1CC1.Cl. The molecular formula is C12H23ClN2O2. The molecule has 0 aromatic rings. The molecule has 0 aromatic carbocycles. The van der Waals surface area contributed by atoms with E-state index in [2.05, 4.69) is 17.6 Å². The third-order valence-electron chi connectivity index (χ3n) is 3.91. The highest BCUT2D eigenvalue weighted by molar-refractivity contribution is 5.85. The summed E-state index contributed by atoms with van der Waals surface area (Å²) in [6.07, 6.45) is 5.49. The summed E-state index contributed by atoms with van der Waals surface area (Å²) in [6, 6.07) is 0.713. The summed E-state index contributed by atoms with van der Waals surface area (Å²) in [5.41, 5.74) is -0.116. The van der Waals surface area contributed by atoms with Gasteiger partial charge in [0.25, 0.3) is 0 Å². The van der Waals surface area contributed by atoms with Crippen molar-refractivity contribution in [2.45, 2.75) is 51.1 Å². The molecule has 5 heteroatoms. The van der Waals surface area contributed by atoms with Crippen molar-refractivity contribution in [1.82, 2.24) is 10.6 Å². The van der Waals surface area contributed by atoms with Crippen LogP contribution in [0.15, 0.2) is 0 Å². The standard InChI is InChI=1S/C12H22N2O2.ClH/c1-12(8-15)6-2-3-10(12)14-11(16)7-13-9-4-5-9;/h9-10,13,15H,2-8H2,1H3,(H,14,16);1H. The minimum Gasteiger partial charge on any atom is -0.396 e. The molecule has 0 spiro atoms. The van der Waals surface area contributed by atoms with Gasteiger partial charge in [0.05, 0.1) is 13.2 Å². The zero-order chi connectivity index (χ0) is 11.6. The van der Waals surface area contributed by atoms with Gasteiger partial charge >= 0.3 is 0 Å². The fraction of sp³-hybridized carbons (Fsp3) is 0.917. The van der Waals surface area contributed by atoms with Crippen LogP contribution in [0, 0.1) is 5.41 Å². The van der Waals surface area contributed by atoms with Gasteiger partial charge in [-0.15, -0.1) is 12.4 Å². The lowest BCUT2D eigenvalue weighted by Gasteiger charge is -2.30. The van der Waals surface area contributed by atoms with E-state index < -0.39 is 0 Å². The molecule has 17 heavy (non-hydrogen) atoms. The average molecular weight is 263 g/mol. The van der Waals surface area contributed by atoms with Gasteiger partial charge in [-0.1, -0.05) is 13.3 Å². The molecule has 2 unspecified atom stereocenters. The molecule has 2 atom stereocenters. The van der Waals surface area contributed by atoms with Crippen LogP contribution in [0.1, 0.15) is 39.0 Å². The fourth-order valence-corrected chi connectivity index (χ4v) is 2.44. The van der Waals surface area contributed by atoms with Gasteiger partial charge in [-0.25, -0.2) is 0 Å². The first kappa shape index (κ1) is 14.7. The lowest BCUT2D eigenvalue weighted by atomic mass is 9.86. The molecule has 2 saturated carbocycles. The Balaban J connectivity index is 0.00000144. The Labute approximate surface area is 109 Å².